The summed E-state index contributed by atoms with van der Waals surface area (Å²) in [6, 6.07) is 15.3. The number of hydrogen-bond acceptors (Lipinski definition) is 5. The van der Waals surface area contributed by atoms with Crippen LogP contribution in [-0.2, 0) is 9.59 Å². The van der Waals surface area contributed by atoms with Crippen molar-refractivity contribution in [3.05, 3.63) is 68.7 Å². The third-order valence-electron chi connectivity index (χ3n) is 4.70. The molecule has 0 spiro atoms. The number of anilines is 1. The van der Waals surface area contributed by atoms with Gasteiger partial charge in [-0.1, -0.05) is 30.0 Å². The van der Waals surface area contributed by atoms with Gasteiger partial charge in [0.1, 0.15) is 5.75 Å². The normalized spacial score (nSPS) is 15.8. The Balaban J connectivity index is 1.74. The van der Waals surface area contributed by atoms with Gasteiger partial charge in [-0.05, 0) is 65.2 Å². The molecule has 0 radical (unpaired) electrons. The number of allylic oxidation sites excluding steroid dienone is 1. The van der Waals surface area contributed by atoms with Crippen LogP contribution in [0.4, 0.5) is 5.69 Å². The maximum Gasteiger partial charge on any atom is 0.234 e. The largest absolute Gasteiger partial charge is 0.494 e. The van der Waals surface area contributed by atoms with Gasteiger partial charge in [-0.15, -0.1) is 0 Å². The van der Waals surface area contributed by atoms with E-state index in [1.54, 1.807) is 0 Å². The molecule has 6 nitrogen and oxygen atoms in total. The third kappa shape index (κ3) is 5.90. The fraction of sp³-hybridized carbons (Fsp3) is 0.261. The van der Waals surface area contributed by atoms with Gasteiger partial charge in [-0.25, -0.2) is 0 Å². The number of thioether (sulfide) groups is 1. The summed E-state index contributed by atoms with van der Waals surface area (Å²) in [4.78, 5) is 24.7. The molecule has 2 aromatic rings. The summed E-state index contributed by atoms with van der Waals surface area (Å²) in [5.74, 6) is 0.0459. The van der Waals surface area contributed by atoms with Crippen molar-refractivity contribution >= 4 is 45.2 Å². The maximum absolute atomic E-state index is 12.4. The van der Waals surface area contributed by atoms with Crippen molar-refractivity contribution in [2.75, 3.05) is 17.7 Å². The first-order chi connectivity index (χ1) is 14.9. The molecule has 3 rings (SSSR count). The van der Waals surface area contributed by atoms with E-state index >= 15 is 0 Å². The molecule has 2 aromatic carbocycles. The molecule has 2 N–H and O–H groups in total. The highest BCUT2D eigenvalue weighted by atomic mass is 79.9. The zero-order valence-corrected chi connectivity index (χ0v) is 19.6. The number of benzene rings is 2. The van der Waals surface area contributed by atoms with E-state index in [1.807, 2.05) is 56.3 Å². The van der Waals surface area contributed by atoms with E-state index in [4.69, 9.17) is 4.74 Å². The molecule has 1 aliphatic rings. The monoisotopic (exact) mass is 499 g/mol. The minimum absolute atomic E-state index is 0.0666. The van der Waals surface area contributed by atoms with Gasteiger partial charge >= 0.3 is 0 Å². The van der Waals surface area contributed by atoms with Crippen LogP contribution < -0.4 is 15.4 Å². The number of nitriles is 1. The molecule has 0 fully saturated rings. The van der Waals surface area contributed by atoms with Gasteiger partial charge in [-0.3, -0.25) is 9.59 Å². The third-order valence-corrected chi connectivity index (χ3v) is 6.37. The summed E-state index contributed by atoms with van der Waals surface area (Å²) < 4.78 is 6.26. The number of amides is 2. The standard InChI is InChI=1S/C23H22BrN3O3S/c1-3-30-16-7-5-15(6-8-16)17-11-21(28)27-23(18(17)12-25)31-13-22(29)26-20-9-4-14(2)10-19(20)24/h4-10,17H,3,11,13H2,1-2H3,(H,26,29)(H,27,28)/t17-/m1/s1. The van der Waals surface area contributed by atoms with Gasteiger partial charge in [0.05, 0.1) is 34.7 Å². The Morgan fingerprint density at radius 2 is 2.06 bits per heavy atom. The Morgan fingerprint density at radius 3 is 2.71 bits per heavy atom. The summed E-state index contributed by atoms with van der Waals surface area (Å²) >= 11 is 4.59. The zero-order chi connectivity index (χ0) is 22.4. The molecule has 0 unspecified atom stereocenters. The second-order valence-electron chi connectivity index (χ2n) is 6.98. The molecule has 0 aliphatic carbocycles. The highest BCUT2D eigenvalue weighted by Crippen LogP contribution is 2.36. The van der Waals surface area contributed by atoms with Gasteiger partial charge < -0.3 is 15.4 Å². The van der Waals surface area contributed by atoms with Crippen molar-refractivity contribution in [1.29, 1.82) is 5.26 Å². The molecule has 0 bridgehead atoms. The zero-order valence-electron chi connectivity index (χ0n) is 17.2. The lowest BCUT2D eigenvalue weighted by atomic mass is 9.87. The smallest absolute Gasteiger partial charge is 0.234 e. The Kier molecular flexibility index (Phi) is 7.77. The number of rotatable bonds is 7. The SMILES string of the molecule is CCOc1ccc([C@H]2CC(=O)NC(SCC(=O)Nc3ccc(C)cc3Br)=C2C#N)cc1. The number of carbonyl (C=O) groups is 2. The number of halogens is 1. The molecule has 1 heterocycles. The molecule has 31 heavy (non-hydrogen) atoms. The van der Waals surface area contributed by atoms with Crippen LogP contribution in [0.15, 0.2) is 57.5 Å². The van der Waals surface area contributed by atoms with Gasteiger partial charge in [-0.2, -0.15) is 5.26 Å². The average Bonchev–Trinajstić information content (AvgIpc) is 2.74. The second kappa shape index (κ2) is 10.5. The van der Waals surface area contributed by atoms with Gasteiger partial charge in [0.2, 0.25) is 11.8 Å². The van der Waals surface area contributed by atoms with Crippen LogP contribution in [0.2, 0.25) is 0 Å². The summed E-state index contributed by atoms with van der Waals surface area (Å²) in [7, 11) is 0. The molecule has 0 saturated heterocycles. The molecule has 2 amide bonds. The predicted octanol–water partition coefficient (Wildman–Crippen LogP) is 4.87. The van der Waals surface area contributed by atoms with Crippen LogP contribution in [0.5, 0.6) is 5.75 Å². The Morgan fingerprint density at radius 1 is 1.32 bits per heavy atom. The van der Waals surface area contributed by atoms with Gasteiger partial charge in [0.15, 0.2) is 0 Å². The van der Waals surface area contributed by atoms with Crippen molar-refractivity contribution in [3.63, 3.8) is 0 Å². The van der Waals surface area contributed by atoms with E-state index in [-0.39, 0.29) is 29.9 Å². The maximum atomic E-state index is 12.4. The summed E-state index contributed by atoms with van der Waals surface area (Å²) in [6.07, 6.45) is 0.184. The van der Waals surface area contributed by atoms with Crippen LogP contribution >= 0.6 is 27.7 Å². The lowest BCUT2D eigenvalue weighted by Gasteiger charge is -2.25. The first-order valence-corrected chi connectivity index (χ1v) is 11.5. The minimum atomic E-state index is -0.355. The van der Waals surface area contributed by atoms with Crippen molar-refractivity contribution in [3.8, 4) is 11.8 Å². The van der Waals surface area contributed by atoms with E-state index in [2.05, 4.69) is 32.6 Å². The molecule has 1 aliphatic heterocycles. The molecule has 8 heteroatoms. The molecular formula is C23H22BrN3O3S. The summed E-state index contributed by atoms with van der Waals surface area (Å²) in [5, 5.41) is 15.8. The number of nitrogens with zero attached hydrogens (tertiary/aromatic N) is 1. The lowest BCUT2D eigenvalue weighted by molar-refractivity contribution is -0.121. The van der Waals surface area contributed by atoms with Crippen molar-refractivity contribution < 1.29 is 14.3 Å². The minimum Gasteiger partial charge on any atom is -0.494 e. The van der Waals surface area contributed by atoms with Crippen LogP contribution in [0.25, 0.3) is 0 Å². The summed E-state index contributed by atoms with van der Waals surface area (Å²) in [6.45, 7) is 4.44. The number of ether oxygens (including phenoxy) is 1. The van der Waals surface area contributed by atoms with Crippen LogP contribution in [0, 0.1) is 18.3 Å². The number of nitrogens with one attached hydrogen (secondary N) is 2. The highest BCUT2D eigenvalue weighted by Gasteiger charge is 2.30. The Hall–Kier alpha value is -2.76. The van der Waals surface area contributed by atoms with E-state index in [1.165, 1.54) is 0 Å². The van der Waals surface area contributed by atoms with E-state index in [9.17, 15) is 14.9 Å². The highest BCUT2D eigenvalue weighted by molar-refractivity contribution is 9.10. The lowest BCUT2D eigenvalue weighted by Crippen LogP contribution is -2.31. The number of carbonyl (C=O) groups excluding carboxylic acids is 2. The Labute approximate surface area is 194 Å². The average molecular weight is 500 g/mol. The van der Waals surface area contributed by atoms with Gasteiger partial charge in [0, 0.05) is 16.8 Å². The fourth-order valence-electron chi connectivity index (χ4n) is 3.23. The molecular weight excluding hydrogens is 478 g/mol. The second-order valence-corrected chi connectivity index (χ2v) is 8.82. The molecule has 0 saturated carbocycles. The topological polar surface area (TPSA) is 91.2 Å². The number of hydrogen-bond donors (Lipinski definition) is 2. The number of aryl methyl sites for hydroxylation is 1. The van der Waals surface area contributed by atoms with E-state index in [0.717, 1.165) is 33.1 Å². The van der Waals surface area contributed by atoms with Crippen LogP contribution in [-0.4, -0.2) is 24.2 Å². The van der Waals surface area contributed by atoms with E-state index in [0.29, 0.717) is 22.9 Å². The summed E-state index contributed by atoms with van der Waals surface area (Å²) in [5.41, 5.74) is 3.07. The van der Waals surface area contributed by atoms with Crippen molar-refractivity contribution in [2.45, 2.75) is 26.2 Å². The van der Waals surface area contributed by atoms with Crippen molar-refractivity contribution in [2.24, 2.45) is 0 Å². The van der Waals surface area contributed by atoms with Crippen LogP contribution in [0.1, 0.15) is 30.4 Å². The molecule has 160 valence electrons. The van der Waals surface area contributed by atoms with E-state index < -0.39 is 0 Å². The Bertz CT molecular complexity index is 1060. The van der Waals surface area contributed by atoms with Crippen molar-refractivity contribution in [1.82, 2.24) is 5.32 Å². The quantitative estimate of drug-likeness (QED) is 0.566. The van der Waals surface area contributed by atoms with Gasteiger partial charge in [0.25, 0.3) is 0 Å². The molecule has 0 aromatic heterocycles. The first-order valence-electron chi connectivity index (χ1n) is 9.77. The predicted molar refractivity (Wildman–Crippen MR) is 126 cm³/mol. The fourth-order valence-corrected chi connectivity index (χ4v) is 4.70. The first kappa shape index (κ1) is 22.9. The van der Waals surface area contributed by atoms with Crippen LogP contribution in [0.3, 0.4) is 0 Å². The molecule has 1 atom stereocenters.